The predicted molar refractivity (Wildman–Crippen MR) is 123 cm³/mol. The van der Waals surface area contributed by atoms with Crippen molar-refractivity contribution in [2.45, 2.75) is 45.1 Å². The minimum Gasteiger partial charge on any atom is -0.487 e. The number of ether oxygens (including phenoxy) is 2. The highest BCUT2D eigenvalue weighted by Crippen LogP contribution is 2.39. The second-order valence-corrected chi connectivity index (χ2v) is 9.47. The van der Waals surface area contributed by atoms with E-state index in [-0.39, 0.29) is 30.0 Å². The van der Waals surface area contributed by atoms with Gasteiger partial charge in [-0.15, -0.1) is 0 Å². The smallest absolute Gasteiger partial charge is 0.410 e. The van der Waals surface area contributed by atoms with Gasteiger partial charge in [0, 0.05) is 24.3 Å². The second kappa shape index (κ2) is 9.24. The van der Waals surface area contributed by atoms with E-state index in [0.717, 1.165) is 12.8 Å². The largest absolute Gasteiger partial charge is 0.487 e. The molecule has 1 aliphatic heterocycles. The summed E-state index contributed by atoms with van der Waals surface area (Å²) < 4.78 is 42.3. The van der Waals surface area contributed by atoms with Gasteiger partial charge >= 0.3 is 6.09 Å². The maximum absolute atomic E-state index is 14.8. The lowest BCUT2D eigenvalue weighted by molar-refractivity contribution is 0.0453. The molecular weight excluding hydrogens is 456 g/mol. The molecule has 2 fully saturated rings. The number of aryl methyl sites for hydroxylation is 1. The number of hydrogen-bond acceptors (Lipinski definition) is 6. The van der Waals surface area contributed by atoms with E-state index in [1.807, 2.05) is 6.92 Å². The quantitative estimate of drug-likeness (QED) is 0.506. The maximum Gasteiger partial charge on any atom is 0.410 e. The van der Waals surface area contributed by atoms with Crippen molar-refractivity contribution in [2.24, 2.45) is 5.92 Å². The molecule has 0 spiro atoms. The van der Waals surface area contributed by atoms with Crippen molar-refractivity contribution in [3.63, 3.8) is 0 Å². The molecule has 8 nitrogen and oxygen atoms in total. The highest BCUT2D eigenvalue weighted by Gasteiger charge is 2.43. The standard InChI is InChI=1S/C25H27F2N5O3/c1-16-19(3-4-22(30-16)32-15-28-14-29-32)18-11-20(26)23(21(27)12-18)34-13-17-5-9-31(10-6-17)24(33)35-25(2)7-8-25/h3-4,11-12,14-15,17H,5-10,13H2,1-2H3. The molecular formula is C25H27F2N5O3. The SMILES string of the molecule is Cc1nc(-n2cncn2)ccc1-c1cc(F)c(OCC2CCN(C(=O)OC3(C)CC3)CC2)c(F)c1. The van der Waals surface area contributed by atoms with Crippen LogP contribution < -0.4 is 4.74 Å². The first kappa shape index (κ1) is 23.2. The molecule has 2 aliphatic rings. The number of nitrogens with zero attached hydrogens (tertiary/aromatic N) is 5. The number of amides is 1. The molecule has 1 aliphatic carbocycles. The monoisotopic (exact) mass is 483 g/mol. The molecule has 1 saturated heterocycles. The molecule has 5 rings (SSSR count). The highest BCUT2D eigenvalue weighted by molar-refractivity contribution is 5.69. The lowest BCUT2D eigenvalue weighted by Gasteiger charge is -2.32. The van der Waals surface area contributed by atoms with E-state index >= 15 is 0 Å². The summed E-state index contributed by atoms with van der Waals surface area (Å²) in [5.41, 5.74) is 1.29. The van der Waals surface area contributed by atoms with Gasteiger partial charge in [-0.3, -0.25) is 0 Å². The summed E-state index contributed by atoms with van der Waals surface area (Å²) in [6.07, 6.45) is 5.84. The Morgan fingerprint density at radius 1 is 1.17 bits per heavy atom. The molecule has 10 heteroatoms. The molecule has 1 saturated carbocycles. The number of rotatable bonds is 6. The van der Waals surface area contributed by atoms with Gasteiger partial charge in [-0.1, -0.05) is 0 Å². The molecule has 2 aromatic heterocycles. The molecule has 3 heterocycles. The van der Waals surface area contributed by atoms with E-state index in [9.17, 15) is 13.6 Å². The van der Waals surface area contributed by atoms with Gasteiger partial charge in [0.15, 0.2) is 23.2 Å². The van der Waals surface area contributed by atoms with Crippen LogP contribution in [-0.2, 0) is 4.74 Å². The van der Waals surface area contributed by atoms with Crippen molar-refractivity contribution in [1.29, 1.82) is 0 Å². The summed E-state index contributed by atoms with van der Waals surface area (Å²) in [7, 11) is 0. The van der Waals surface area contributed by atoms with Crippen LogP contribution in [0.4, 0.5) is 13.6 Å². The van der Waals surface area contributed by atoms with Gasteiger partial charge < -0.3 is 14.4 Å². The number of piperidine rings is 1. The first-order chi connectivity index (χ1) is 16.8. The first-order valence-electron chi connectivity index (χ1n) is 11.7. The summed E-state index contributed by atoms with van der Waals surface area (Å²) in [6.45, 7) is 4.98. The summed E-state index contributed by atoms with van der Waals surface area (Å²) in [4.78, 5) is 22.3. The van der Waals surface area contributed by atoms with E-state index in [1.54, 1.807) is 24.0 Å². The van der Waals surface area contributed by atoms with Crippen LogP contribution in [0, 0.1) is 24.5 Å². The van der Waals surface area contributed by atoms with Crippen LogP contribution in [0.1, 0.15) is 38.3 Å². The Bertz CT molecular complexity index is 1200. The number of halogens is 2. The number of aromatic nitrogens is 4. The Kier molecular flexibility index (Phi) is 6.12. The molecule has 0 bridgehead atoms. The molecule has 0 radical (unpaired) electrons. The van der Waals surface area contributed by atoms with Crippen molar-refractivity contribution in [1.82, 2.24) is 24.6 Å². The maximum atomic E-state index is 14.8. The third-order valence-corrected chi connectivity index (χ3v) is 6.66. The van der Waals surface area contributed by atoms with Crippen LogP contribution in [0.5, 0.6) is 5.75 Å². The number of hydrogen-bond donors (Lipinski definition) is 0. The Hall–Kier alpha value is -3.56. The molecule has 3 aromatic rings. The third-order valence-electron chi connectivity index (χ3n) is 6.66. The van der Waals surface area contributed by atoms with Crippen molar-refractivity contribution in [3.05, 3.63) is 54.2 Å². The summed E-state index contributed by atoms with van der Waals surface area (Å²) in [6, 6.07) is 5.98. The van der Waals surface area contributed by atoms with E-state index < -0.39 is 11.6 Å². The van der Waals surface area contributed by atoms with Crippen LogP contribution in [-0.4, -0.2) is 56.0 Å². The van der Waals surface area contributed by atoms with E-state index in [1.165, 1.54) is 29.5 Å². The van der Waals surface area contributed by atoms with E-state index in [2.05, 4.69) is 15.1 Å². The lowest BCUT2D eigenvalue weighted by atomic mass is 9.98. The van der Waals surface area contributed by atoms with Gasteiger partial charge in [0.25, 0.3) is 0 Å². The topological polar surface area (TPSA) is 82.4 Å². The lowest BCUT2D eigenvalue weighted by Crippen LogP contribution is -2.41. The summed E-state index contributed by atoms with van der Waals surface area (Å²) >= 11 is 0. The number of likely N-dealkylation sites (tertiary alicyclic amines) is 1. The third kappa shape index (κ3) is 5.11. The van der Waals surface area contributed by atoms with Crippen molar-refractivity contribution in [2.75, 3.05) is 19.7 Å². The first-order valence-corrected chi connectivity index (χ1v) is 11.7. The Morgan fingerprint density at radius 2 is 1.89 bits per heavy atom. The van der Waals surface area contributed by atoms with Crippen molar-refractivity contribution < 1.29 is 23.0 Å². The molecule has 1 amide bonds. The summed E-state index contributed by atoms with van der Waals surface area (Å²) in [5, 5.41) is 4.04. The van der Waals surface area contributed by atoms with Gasteiger partial charge in [-0.2, -0.15) is 5.10 Å². The van der Waals surface area contributed by atoms with Gasteiger partial charge in [-0.25, -0.2) is 28.2 Å². The van der Waals surface area contributed by atoms with E-state index in [4.69, 9.17) is 9.47 Å². The molecule has 0 N–H and O–H groups in total. The van der Waals surface area contributed by atoms with Gasteiger partial charge in [0.2, 0.25) is 0 Å². The average Bonchev–Trinajstić information content (AvgIpc) is 3.31. The van der Waals surface area contributed by atoms with E-state index in [0.29, 0.717) is 48.6 Å². The van der Waals surface area contributed by atoms with Crippen LogP contribution >= 0.6 is 0 Å². The number of carbonyl (C=O) groups excluding carboxylic acids is 1. The zero-order valence-corrected chi connectivity index (χ0v) is 19.7. The van der Waals surface area contributed by atoms with Crippen molar-refractivity contribution in [3.8, 4) is 22.7 Å². The zero-order chi connectivity index (χ0) is 24.6. The summed E-state index contributed by atoms with van der Waals surface area (Å²) in [5.74, 6) is -1.26. The number of pyridine rings is 1. The molecule has 0 atom stereocenters. The minimum absolute atomic E-state index is 0.102. The fourth-order valence-corrected chi connectivity index (χ4v) is 4.20. The zero-order valence-electron chi connectivity index (χ0n) is 19.7. The Morgan fingerprint density at radius 3 is 2.49 bits per heavy atom. The Balaban J connectivity index is 1.20. The van der Waals surface area contributed by atoms with Gasteiger partial charge in [-0.05, 0) is 75.3 Å². The van der Waals surface area contributed by atoms with Crippen LogP contribution in [0.3, 0.4) is 0 Å². The fraction of sp³-hybridized carbons (Fsp3) is 0.440. The molecule has 0 unspecified atom stereocenters. The predicted octanol–water partition coefficient (Wildman–Crippen LogP) is 4.70. The minimum atomic E-state index is -0.765. The van der Waals surface area contributed by atoms with Gasteiger partial charge in [0.1, 0.15) is 18.3 Å². The second-order valence-electron chi connectivity index (χ2n) is 9.47. The molecule has 35 heavy (non-hydrogen) atoms. The van der Waals surface area contributed by atoms with Gasteiger partial charge in [0.05, 0.1) is 6.61 Å². The number of carbonyl (C=O) groups is 1. The molecule has 184 valence electrons. The van der Waals surface area contributed by atoms with Crippen LogP contribution in [0.25, 0.3) is 16.9 Å². The number of benzene rings is 1. The van der Waals surface area contributed by atoms with Crippen LogP contribution in [0.2, 0.25) is 0 Å². The highest BCUT2D eigenvalue weighted by atomic mass is 19.1. The fourth-order valence-electron chi connectivity index (χ4n) is 4.20. The van der Waals surface area contributed by atoms with Crippen LogP contribution in [0.15, 0.2) is 36.9 Å². The average molecular weight is 484 g/mol. The molecule has 1 aromatic carbocycles. The van der Waals surface area contributed by atoms with Crippen molar-refractivity contribution >= 4 is 6.09 Å². The normalized spacial score (nSPS) is 17.3. The Labute approximate surface area is 201 Å².